The number of hydrogen-bond acceptors (Lipinski definition) is 1. The van der Waals surface area contributed by atoms with Gasteiger partial charge in [-0.1, -0.05) is 37.8 Å². The summed E-state index contributed by atoms with van der Waals surface area (Å²) in [6, 6.07) is 5.28. The molecule has 3 heteroatoms. The highest BCUT2D eigenvalue weighted by atomic mass is 35.5. The molecular formula is C20H25ClFN. The monoisotopic (exact) mass is 333 g/mol. The van der Waals surface area contributed by atoms with Gasteiger partial charge in [0.05, 0.1) is 5.02 Å². The molecule has 4 rings (SSSR count). The average Bonchev–Trinajstić information content (AvgIpc) is 2.56. The van der Waals surface area contributed by atoms with E-state index < -0.39 is 5.82 Å². The molecular weight excluding hydrogens is 309 g/mol. The molecule has 1 nitrogen and oxygen atoms in total. The van der Waals surface area contributed by atoms with Gasteiger partial charge in [0.15, 0.2) is 0 Å². The molecule has 1 aromatic carbocycles. The van der Waals surface area contributed by atoms with Crippen LogP contribution in [0, 0.1) is 22.6 Å². The summed E-state index contributed by atoms with van der Waals surface area (Å²) in [6.07, 6.45) is 12.5. The van der Waals surface area contributed by atoms with E-state index in [0.717, 1.165) is 24.8 Å². The molecule has 3 aliphatic carbocycles. The molecule has 124 valence electrons. The van der Waals surface area contributed by atoms with Crippen LogP contribution in [0.15, 0.2) is 12.1 Å². The quantitative estimate of drug-likeness (QED) is 0.562. The maximum absolute atomic E-state index is 14.2. The van der Waals surface area contributed by atoms with Crippen molar-refractivity contribution in [1.82, 2.24) is 0 Å². The molecule has 0 aromatic heterocycles. The molecule has 0 unspecified atom stereocenters. The lowest BCUT2D eigenvalue weighted by Crippen LogP contribution is -2.44. The second-order valence-corrected chi connectivity index (χ2v) is 8.07. The van der Waals surface area contributed by atoms with Crippen LogP contribution in [0.4, 0.5) is 4.39 Å². The van der Waals surface area contributed by atoms with E-state index in [4.69, 9.17) is 16.9 Å². The smallest absolute Gasteiger partial charge is 0.142 e. The maximum atomic E-state index is 14.2. The lowest BCUT2D eigenvalue weighted by molar-refractivity contribution is 0.0304. The van der Waals surface area contributed by atoms with Gasteiger partial charge in [-0.2, -0.15) is 5.26 Å². The summed E-state index contributed by atoms with van der Waals surface area (Å²) >= 11 is 6.14. The normalized spacial score (nSPS) is 29.5. The van der Waals surface area contributed by atoms with Gasteiger partial charge in [-0.3, -0.25) is 0 Å². The van der Waals surface area contributed by atoms with Crippen LogP contribution < -0.4 is 0 Å². The van der Waals surface area contributed by atoms with Crippen LogP contribution in [-0.4, -0.2) is 0 Å². The zero-order valence-electron chi connectivity index (χ0n) is 13.9. The van der Waals surface area contributed by atoms with E-state index in [2.05, 4.69) is 6.92 Å². The summed E-state index contributed by atoms with van der Waals surface area (Å²) < 4.78 is 14.2. The molecule has 0 N–H and O–H groups in total. The van der Waals surface area contributed by atoms with Crippen molar-refractivity contribution < 1.29 is 4.39 Å². The fourth-order valence-electron chi connectivity index (χ4n) is 4.81. The largest absolute Gasteiger partial charge is 0.205 e. The Balaban J connectivity index is 1.78. The molecule has 23 heavy (non-hydrogen) atoms. The van der Waals surface area contributed by atoms with Crippen molar-refractivity contribution in [1.29, 1.82) is 5.26 Å². The lowest BCUT2D eigenvalue weighted by Gasteiger charge is -2.54. The Morgan fingerprint density at radius 1 is 1.13 bits per heavy atom. The third-order valence-corrected chi connectivity index (χ3v) is 6.78. The van der Waals surface area contributed by atoms with E-state index in [-0.39, 0.29) is 16.0 Å². The van der Waals surface area contributed by atoms with Crippen molar-refractivity contribution in [2.24, 2.45) is 5.41 Å². The van der Waals surface area contributed by atoms with Crippen LogP contribution in [-0.2, 0) is 5.41 Å². The third kappa shape index (κ3) is 3.01. The average molecular weight is 334 g/mol. The first-order chi connectivity index (χ1) is 11.0. The first kappa shape index (κ1) is 16.8. The van der Waals surface area contributed by atoms with Gasteiger partial charge in [-0.15, -0.1) is 0 Å². The van der Waals surface area contributed by atoms with Crippen molar-refractivity contribution in [2.45, 2.75) is 76.5 Å². The number of unbranched alkanes of at least 4 members (excludes halogenated alkanes) is 2. The van der Waals surface area contributed by atoms with Crippen LogP contribution >= 0.6 is 11.6 Å². The van der Waals surface area contributed by atoms with Gasteiger partial charge < -0.3 is 0 Å². The summed E-state index contributed by atoms with van der Waals surface area (Å²) in [6.45, 7) is 2.26. The molecule has 1 aromatic rings. The Kier molecular flexibility index (Phi) is 4.70. The number of benzene rings is 1. The van der Waals surface area contributed by atoms with E-state index in [0.29, 0.717) is 5.41 Å². The van der Waals surface area contributed by atoms with E-state index in [1.165, 1.54) is 44.9 Å². The fraction of sp³-hybridized carbons (Fsp3) is 0.650. The second kappa shape index (κ2) is 6.44. The van der Waals surface area contributed by atoms with Crippen molar-refractivity contribution >= 4 is 11.6 Å². The number of nitriles is 1. The molecule has 0 radical (unpaired) electrons. The molecule has 0 spiro atoms. The number of hydrogen-bond donors (Lipinski definition) is 0. The minimum absolute atomic E-state index is 0.0210. The minimum atomic E-state index is -0.463. The fourth-order valence-corrected chi connectivity index (χ4v) is 5.06. The topological polar surface area (TPSA) is 23.8 Å². The van der Waals surface area contributed by atoms with Crippen LogP contribution in [0.2, 0.25) is 5.02 Å². The van der Waals surface area contributed by atoms with E-state index in [1.807, 2.05) is 12.1 Å². The summed E-state index contributed by atoms with van der Waals surface area (Å²) in [5.41, 5.74) is 1.63. The van der Waals surface area contributed by atoms with Crippen LogP contribution in [0.5, 0.6) is 0 Å². The molecule has 0 atom stereocenters. The highest BCUT2D eigenvalue weighted by Gasteiger charge is 2.49. The number of halogens is 2. The van der Waals surface area contributed by atoms with Crippen molar-refractivity contribution in [3.05, 3.63) is 34.1 Å². The molecule has 2 bridgehead atoms. The molecule has 3 saturated carbocycles. The van der Waals surface area contributed by atoms with Gasteiger partial charge >= 0.3 is 0 Å². The van der Waals surface area contributed by atoms with Gasteiger partial charge in [0.25, 0.3) is 0 Å². The maximum Gasteiger partial charge on any atom is 0.142 e. The van der Waals surface area contributed by atoms with Gasteiger partial charge in [0, 0.05) is 0 Å². The molecule has 3 aliphatic rings. The Morgan fingerprint density at radius 2 is 1.78 bits per heavy atom. The van der Waals surface area contributed by atoms with Gasteiger partial charge in [-0.25, -0.2) is 4.39 Å². The summed E-state index contributed by atoms with van der Waals surface area (Å²) in [5, 5.41) is 9.26. The van der Waals surface area contributed by atoms with Crippen molar-refractivity contribution in [3.63, 3.8) is 0 Å². The first-order valence-corrected chi connectivity index (χ1v) is 9.32. The van der Waals surface area contributed by atoms with Crippen molar-refractivity contribution in [2.75, 3.05) is 0 Å². The summed E-state index contributed by atoms with van der Waals surface area (Å²) in [4.78, 5) is 0. The van der Waals surface area contributed by atoms with Crippen molar-refractivity contribution in [3.8, 4) is 6.07 Å². The van der Waals surface area contributed by atoms with E-state index >= 15 is 0 Å². The number of rotatable bonds is 5. The Hall–Kier alpha value is -1.07. The van der Waals surface area contributed by atoms with Gasteiger partial charge in [0.2, 0.25) is 0 Å². The Labute approximate surface area is 143 Å². The predicted molar refractivity (Wildman–Crippen MR) is 92.1 cm³/mol. The first-order valence-electron chi connectivity index (χ1n) is 8.94. The zero-order valence-corrected chi connectivity index (χ0v) is 14.7. The molecule has 0 heterocycles. The Bertz CT molecular complexity index is 583. The molecule has 3 fully saturated rings. The van der Waals surface area contributed by atoms with E-state index in [1.54, 1.807) is 6.07 Å². The summed E-state index contributed by atoms with van der Waals surface area (Å²) in [7, 11) is 0. The van der Waals surface area contributed by atoms with Crippen LogP contribution in [0.25, 0.3) is 0 Å². The van der Waals surface area contributed by atoms with Crippen LogP contribution in [0.1, 0.15) is 82.3 Å². The SMILES string of the molecule is CCCCCC12CCC(c3cc(F)c(C#N)c(Cl)c3)(CC1)CC2. The predicted octanol–water partition coefficient (Wildman–Crippen LogP) is 6.52. The highest BCUT2D eigenvalue weighted by molar-refractivity contribution is 6.31. The minimum Gasteiger partial charge on any atom is -0.205 e. The standard InChI is InChI=1S/C20H25ClFN/c1-2-3-4-5-19-6-9-20(10-7-19,11-8-19)15-12-17(21)16(14-23)18(22)13-15/h12-13H,2-11H2,1H3. The Morgan fingerprint density at radius 3 is 2.30 bits per heavy atom. The highest BCUT2D eigenvalue weighted by Crippen LogP contribution is 2.59. The van der Waals surface area contributed by atoms with Crippen LogP contribution in [0.3, 0.4) is 0 Å². The zero-order chi connectivity index (χ0) is 16.5. The number of nitrogens with zero attached hydrogens (tertiary/aromatic N) is 1. The second-order valence-electron chi connectivity index (χ2n) is 7.66. The van der Waals surface area contributed by atoms with Gasteiger partial charge in [0.1, 0.15) is 17.4 Å². The van der Waals surface area contributed by atoms with E-state index in [9.17, 15) is 4.39 Å². The lowest BCUT2D eigenvalue weighted by atomic mass is 9.51. The molecule has 0 aliphatic heterocycles. The summed E-state index contributed by atoms with van der Waals surface area (Å²) in [5.74, 6) is -0.463. The molecule has 0 saturated heterocycles. The third-order valence-electron chi connectivity index (χ3n) is 6.48. The molecule has 0 amide bonds. The van der Waals surface area contributed by atoms with Gasteiger partial charge in [-0.05, 0) is 73.5 Å². The number of fused-ring (bicyclic) bond motifs is 3.